The lowest BCUT2D eigenvalue weighted by Gasteiger charge is -2.16. The molecule has 3 heteroatoms. The lowest BCUT2D eigenvalue weighted by Crippen LogP contribution is -2.25. The Kier molecular flexibility index (Phi) is 4.60. The molecule has 0 unspecified atom stereocenters. The number of hydrogen-bond acceptors (Lipinski definition) is 2. The van der Waals surface area contributed by atoms with Crippen LogP contribution in [0.25, 0.3) is 0 Å². The van der Waals surface area contributed by atoms with Gasteiger partial charge >= 0.3 is 0 Å². The van der Waals surface area contributed by atoms with Crippen molar-refractivity contribution in [1.29, 1.82) is 0 Å². The van der Waals surface area contributed by atoms with Crippen LogP contribution in [-0.4, -0.2) is 16.1 Å². The quantitative estimate of drug-likeness (QED) is 0.768. The lowest BCUT2D eigenvalue weighted by atomic mass is 10.1. The number of imidazole rings is 1. The van der Waals surface area contributed by atoms with E-state index in [2.05, 4.69) is 23.7 Å². The van der Waals surface area contributed by atoms with Crippen molar-refractivity contribution in [2.24, 2.45) is 0 Å². The summed E-state index contributed by atoms with van der Waals surface area (Å²) in [5.74, 6) is 1.29. The molecular formula is C14H25N3. The molecule has 0 aromatic carbocycles. The van der Waals surface area contributed by atoms with Crippen LogP contribution in [0.15, 0.2) is 0 Å². The second-order valence-corrected chi connectivity index (χ2v) is 4.91. The summed E-state index contributed by atoms with van der Waals surface area (Å²) < 4.78 is 2.49. The van der Waals surface area contributed by atoms with Gasteiger partial charge in [0.2, 0.25) is 0 Å². The third kappa shape index (κ3) is 2.89. The molecule has 0 fully saturated rings. The Hall–Kier alpha value is -0.830. The van der Waals surface area contributed by atoms with Crippen molar-refractivity contribution in [3.05, 3.63) is 17.2 Å². The standard InChI is InChI=1S/C14H25N3/c1-3-5-6-7-10-17-13-8-9-15-11-12(13)16-14(17)4-2/h15H,3-11H2,1-2H3. The molecule has 0 atom stereocenters. The van der Waals surface area contributed by atoms with Gasteiger partial charge < -0.3 is 9.88 Å². The minimum atomic E-state index is 0.963. The molecule has 0 saturated carbocycles. The van der Waals surface area contributed by atoms with Crippen LogP contribution in [0.4, 0.5) is 0 Å². The molecule has 1 aliphatic heterocycles. The fourth-order valence-electron chi connectivity index (χ4n) is 2.66. The first-order chi connectivity index (χ1) is 8.36. The van der Waals surface area contributed by atoms with E-state index in [1.807, 2.05) is 0 Å². The molecule has 0 bridgehead atoms. The smallest absolute Gasteiger partial charge is 0.108 e. The van der Waals surface area contributed by atoms with Crippen LogP contribution in [0.3, 0.4) is 0 Å². The Morgan fingerprint density at radius 3 is 2.88 bits per heavy atom. The maximum atomic E-state index is 4.77. The molecule has 2 rings (SSSR count). The Bertz CT molecular complexity index is 355. The Balaban J connectivity index is 2.05. The molecule has 1 N–H and O–H groups in total. The van der Waals surface area contributed by atoms with Gasteiger partial charge in [-0.25, -0.2) is 4.98 Å². The number of aromatic nitrogens is 2. The predicted molar refractivity (Wildman–Crippen MR) is 71.2 cm³/mol. The fraction of sp³-hybridized carbons (Fsp3) is 0.786. The zero-order valence-corrected chi connectivity index (χ0v) is 11.3. The lowest BCUT2D eigenvalue weighted by molar-refractivity contribution is 0.536. The van der Waals surface area contributed by atoms with Gasteiger partial charge in [-0.3, -0.25) is 0 Å². The summed E-state index contributed by atoms with van der Waals surface area (Å²) in [6.45, 7) is 7.72. The van der Waals surface area contributed by atoms with Crippen LogP contribution in [0, 0.1) is 0 Å². The monoisotopic (exact) mass is 235 g/mol. The molecule has 0 aliphatic carbocycles. The van der Waals surface area contributed by atoms with Crippen LogP contribution in [0.2, 0.25) is 0 Å². The van der Waals surface area contributed by atoms with Gasteiger partial charge in [-0.05, 0) is 6.42 Å². The van der Waals surface area contributed by atoms with E-state index in [0.717, 1.165) is 25.9 Å². The van der Waals surface area contributed by atoms with E-state index < -0.39 is 0 Å². The second kappa shape index (κ2) is 6.20. The Morgan fingerprint density at radius 2 is 2.12 bits per heavy atom. The van der Waals surface area contributed by atoms with Crippen molar-refractivity contribution in [2.45, 2.75) is 65.5 Å². The predicted octanol–water partition coefficient (Wildman–Crippen LogP) is 2.67. The van der Waals surface area contributed by atoms with Gasteiger partial charge in [-0.15, -0.1) is 0 Å². The highest BCUT2D eigenvalue weighted by Crippen LogP contribution is 2.17. The molecule has 0 spiro atoms. The van der Waals surface area contributed by atoms with Gasteiger partial charge in [-0.2, -0.15) is 0 Å². The highest BCUT2D eigenvalue weighted by Gasteiger charge is 2.18. The van der Waals surface area contributed by atoms with E-state index in [4.69, 9.17) is 4.98 Å². The van der Waals surface area contributed by atoms with E-state index in [1.54, 1.807) is 0 Å². The van der Waals surface area contributed by atoms with Gasteiger partial charge in [0.15, 0.2) is 0 Å². The minimum Gasteiger partial charge on any atom is -0.332 e. The molecule has 3 nitrogen and oxygen atoms in total. The molecule has 0 radical (unpaired) electrons. The summed E-state index contributed by atoms with van der Waals surface area (Å²) in [7, 11) is 0. The SMILES string of the molecule is CCCCCCn1c(CC)nc2c1CCNC2. The molecule has 2 heterocycles. The average Bonchev–Trinajstić information content (AvgIpc) is 2.73. The van der Waals surface area contributed by atoms with E-state index in [1.165, 1.54) is 49.4 Å². The van der Waals surface area contributed by atoms with Gasteiger partial charge in [-0.1, -0.05) is 33.1 Å². The molecule has 96 valence electrons. The maximum Gasteiger partial charge on any atom is 0.108 e. The highest BCUT2D eigenvalue weighted by molar-refractivity contribution is 5.20. The summed E-state index contributed by atoms with van der Waals surface area (Å²) in [5.41, 5.74) is 2.79. The number of fused-ring (bicyclic) bond motifs is 1. The van der Waals surface area contributed by atoms with Crippen LogP contribution in [0.5, 0.6) is 0 Å². The first-order valence-corrected chi connectivity index (χ1v) is 7.14. The van der Waals surface area contributed by atoms with Crippen molar-refractivity contribution in [2.75, 3.05) is 6.54 Å². The summed E-state index contributed by atoms with van der Waals surface area (Å²) >= 11 is 0. The number of rotatable bonds is 6. The number of nitrogens with zero attached hydrogens (tertiary/aromatic N) is 2. The van der Waals surface area contributed by atoms with Crippen molar-refractivity contribution in [3.63, 3.8) is 0 Å². The van der Waals surface area contributed by atoms with Crippen molar-refractivity contribution in [1.82, 2.24) is 14.9 Å². The normalized spacial score (nSPS) is 14.9. The molecular weight excluding hydrogens is 210 g/mol. The van der Waals surface area contributed by atoms with Crippen LogP contribution < -0.4 is 5.32 Å². The number of hydrogen-bond donors (Lipinski definition) is 1. The summed E-state index contributed by atoms with van der Waals surface area (Å²) in [6, 6.07) is 0. The number of unbranched alkanes of at least 4 members (excludes halogenated alkanes) is 3. The molecule has 1 aromatic heterocycles. The van der Waals surface area contributed by atoms with Crippen LogP contribution in [-0.2, 0) is 25.9 Å². The van der Waals surface area contributed by atoms with E-state index in [9.17, 15) is 0 Å². The third-order valence-electron chi connectivity index (χ3n) is 3.62. The van der Waals surface area contributed by atoms with Crippen LogP contribution in [0.1, 0.15) is 56.7 Å². The first-order valence-electron chi connectivity index (χ1n) is 7.14. The molecule has 1 aliphatic rings. The molecule has 0 saturated heterocycles. The van der Waals surface area contributed by atoms with Crippen molar-refractivity contribution < 1.29 is 0 Å². The highest BCUT2D eigenvalue weighted by atomic mass is 15.1. The van der Waals surface area contributed by atoms with E-state index in [0.29, 0.717) is 0 Å². The van der Waals surface area contributed by atoms with Gasteiger partial charge in [0.25, 0.3) is 0 Å². The van der Waals surface area contributed by atoms with Crippen molar-refractivity contribution in [3.8, 4) is 0 Å². The summed E-state index contributed by atoms with van der Waals surface area (Å²) in [6.07, 6.45) is 7.53. The molecule has 0 amide bonds. The molecule has 17 heavy (non-hydrogen) atoms. The zero-order valence-electron chi connectivity index (χ0n) is 11.3. The summed E-state index contributed by atoms with van der Waals surface area (Å²) in [5, 5.41) is 3.41. The van der Waals surface area contributed by atoms with Crippen LogP contribution >= 0.6 is 0 Å². The number of nitrogens with one attached hydrogen (secondary N) is 1. The minimum absolute atomic E-state index is 0.963. The van der Waals surface area contributed by atoms with Gasteiger partial charge in [0.05, 0.1) is 5.69 Å². The fourth-order valence-corrected chi connectivity index (χ4v) is 2.66. The molecule has 1 aromatic rings. The van der Waals surface area contributed by atoms with Crippen molar-refractivity contribution >= 4 is 0 Å². The number of aryl methyl sites for hydroxylation is 1. The third-order valence-corrected chi connectivity index (χ3v) is 3.62. The average molecular weight is 235 g/mol. The topological polar surface area (TPSA) is 29.9 Å². The van der Waals surface area contributed by atoms with Gasteiger partial charge in [0.1, 0.15) is 5.82 Å². The maximum absolute atomic E-state index is 4.77. The Morgan fingerprint density at radius 1 is 1.24 bits per heavy atom. The first kappa shape index (κ1) is 12.6. The summed E-state index contributed by atoms with van der Waals surface area (Å²) in [4.78, 5) is 4.77. The zero-order chi connectivity index (χ0) is 12.1. The Labute approximate surface area is 105 Å². The van der Waals surface area contributed by atoms with E-state index >= 15 is 0 Å². The van der Waals surface area contributed by atoms with Gasteiger partial charge in [0, 0.05) is 38.2 Å². The van der Waals surface area contributed by atoms with E-state index in [-0.39, 0.29) is 0 Å². The largest absolute Gasteiger partial charge is 0.332 e. The second-order valence-electron chi connectivity index (χ2n) is 4.91.